The standard InChI is InChI=1S/C21H26O5/c1-25-19(23)17-4-2-14(3-5-17)12-26-18(22)11-20-7-15-6-16(8-20)10-21(24,9-15)13-20/h2-5,15-16,24H,6-13H2,1H3/t15-,16+,20?,21?. The molecule has 0 saturated heterocycles. The largest absolute Gasteiger partial charge is 0.465 e. The summed E-state index contributed by atoms with van der Waals surface area (Å²) in [5.41, 5.74) is 0.707. The molecule has 140 valence electrons. The zero-order valence-corrected chi connectivity index (χ0v) is 15.2. The molecule has 0 heterocycles. The third kappa shape index (κ3) is 3.37. The van der Waals surface area contributed by atoms with Gasteiger partial charge in [0.05, 0.1) is 24.7 Å². The lowest BCUT2D eigenvalue weighted by Crippen LogP contribution is -2.56. The number of benzene rings is 1. The van der Waals surface area contributed by atoms with E-state index in [0.717, 1.165) is 37.7 Å². The van der Waals surface area contributed by atoms with Gasteiger partial charge < -0.3 is 14.6 Å². The molecule has 4 aliphatic carbocycles. The van der Waals surface area contributed by atoms with Gasteiger partial charge in [-0.15, -0.1) is 0 Å². The summed E-state index contributed by atoms with van der Waals surface area (Å²) in [6, 6.07) is 6.88. The number of aliphatic hydroxyl groups is 1. The van der Waals surface area contributed by atoms with Crippen LogP contribution in [0.15, 0.2) is 24.3 Å². The highest BCUT2D eigenvalue weighted by Crippen LogP contribution is 2.62. The molecule has 4 atom stereocenters. The third-order valence-corrected chi connectivity index (χ3v) is 6.45. The summed E-state index contributed by atoms with van der Waals surface area (Å²) in [6.45, 7) is 0.202. The van der Waals surface area contributed by atoms with E-state index in [1.165, 1.54) is 13.5 Å². The van der Waals surface area contributed by atoms with Gasteiger partial charge in [0.25, 0.3) is 0 Å². The molecule has 4 fully saturated rings. The Morgan fingerprint density at radius 1 is 1.12 bits per heavy atom. The molecular formula is C21H26O5. The van der Waals surface area contributed by atoms with Crippen molar-refractivity contribution in [3.63, 3.8) is 0 Å². The van der Waals surface area contributed by atoms with E-state index in [1.807, 2.05) is 0 Å². The maximum atomic E-state index is 12.4. The van der Waals surface area contributed by atoms with Gasteiger partial charge in [0, 0.05) is 0 Å². The molecule has 4 saturated carbocycles. The lowest BCUT2D eigenvalue weighted by Gasteiger charge is -2.60. The van der Waals surface area contributed by atoms with Crippen LogP contribution in [0.4, 0.5) is 0 Å². The minimum Gasteiger partial charge on any atom is -0.465 e. The van der Waals surface area contributed by atoms with Gasteiger partial charge in [-0.1, -0.05) is 12.1 Å². The van der Waals surface area contributed by atoms with Gasteiger partial charge in [-0.25, -0.2) is 4.79 Å². The second kappa shape index (κ2) is 6.38. The van der Waals surface area contributed by atoms with E-state index in [1.54, 1.807) is 24.3 Å². The molecule has 0 amide bonds. The van der Waals surface area contributed by atoms with Crippen molar-refractivity contribution in [2.75, 3.05) is 7.11 Å². The fourth-order valence-corrected chi connectivity index (χ4v) is 5.98. The molecule has 5 rings (SSSR count). The van der Waals surface area contributed by atoms with Crippen LogP contribution in [0.2, 0.25) is 0 Å². The molecule has 2 unspecified atom stereocenters. The van der Waals surface area contributed by atoms with Crippen molar-refractivity contribution < 1.29 is 24.2 Å². The van der Waals surface area contributed by atoms with Crippen molar-refractivity contribution in [2.24, 2.45) is 17.3 Å². The molecule has 4 bridgehead atoms. The number of methoxy groups -OCH3 is 1. The number of carbonyl (C=O) groups excluding carboxylic acids is 2. The predicted octanol–water partition coefficient (Wildman–Crippen LogP) is 3.24. The molecule has 26 heavy (non-hydrogen) atoms. The Bertz CT molecular complexity index is 694. The average molecular weight is 358 g/mol. The van der Waals surface area contributed by atoms with Gasteiger partial charge in [0.2, 0.25) is 0 Å². The van der Waals surface area contributed by atoms with Gasteiger partial charge in [-0.3, -0.25) is 4.79 Å². The summed E-state index contributed by atoms with van der Waals surface area (Å²) >= 11 is 0. The quantitative estimate of drug-likeness (QED) is 0.818. The highest BCUT2D eigenvalue weighted by molar-refractivity contribution is 5.89. The zero-order valence-electron chi connectivity index (χ0n) is 15.2. The van der Waals surface area contributed by atoms with E-state index in [4.69, 9.17) is 4.74 Å². The van der Waals surface area contributed by atoms with Crippen molar-refractivity contribution in [3.8, 4) is 0 Å². The predicted molar refractivity (Wildman–Crippen MR) is 94.3 cm³/mol. The number of ether oxygens (including phenoxy) is 2. The fraction of sp³-hybridized carbons (Fsp3) is 0.619. The summed E-state index contributed by atoms with van der Waals surface area (Å²) in [4.78, 5) is 23.9. The highest BCUT2D eigenvalue weighted by Gasteiger charge is 2.57. The lowest BCUT2D eigenvalue weighted by molar-refractivity contribution is -0.177. The number of carbonyl (C=O) groups is 2. The van der Waals surface area contributed by atoms with E-state index in [9.17, 15) is 14.7 Å². The Labute approximate surface area is 153 Å². The topological polar surface area (TPSA) is 72.8 Å². The number of hydrogen-bond acceptors (Lipinski definition) is 5. The average Bonchev–Trinajstić information content (AvgIpc) is 2.57. The van der Waals surface area contributed by atoms with E-state index >= 15 is 0 Å². The minimum absolute atomic E-state index is 0.0648. The van der Waals surface area contributed by atoms with Crippen LogP contribution in [0.25, 0.3) is 0 Å². The summed E-state index contributed by atoms with van der Waals surface area (Å²) in [7, 11) is 1.35. The number of hydrogen-bond donors (Lipinski definition) is 1. The van der Waals surface area contributed by atoms with Gasteiger partial charge in [0.1, 0.15) is 6.61 Å². The SMILES string of the molecule is COC(=O)c1ccc(COC(=O)CC23C[C@@H]4C[C@@H](CC(O)(C4)C2)C3)cc1. The maximum Gasteiger partial charge on any atom is 0.337 e. The Morgan fingerprint density at radius 2 is 1.77 bits per heavy atom. The Hall–Kier alpha value is -1.88. The Balaban J connectivity index is 1.34. The Kier molecular flexibility index (Phi) is 4.30. The first kappa shape index (κ1) is 17.5. The van der Waals surface area contributed by atoms with Gasteiger partial charge in [0.15, 0.2) is 0 Å². The minimum atomic E-state index is -0.548. The highest BCUT2D eigenvalue weighted by atomic mass is 16.5. The molecule has 0 spiro atoms. The molecular weight excluding hydrogens is 332 g/mol. The second-order valence-electron chi connectivity index (χ2n) is 8.71. The summed E-state index contributed by atoms with van der Waals surface area (Å²) in [6.07, 6.45) is 6.29. The van der Waals surface area contributed by atoms with Crippen molar-refractivity contribution >= 4 is 11.9 Å². The zero-order chi connectivity index (χ0) is 18.4. The van der Waals surface area contributed by atoms with Crippen LogP contribution in [0.3, 0.4) is 0 Å². The molecule has 5 heteroatoms. The molecule has 1 aromatic carbocycles. The molecule has 1 N–H and O–H groups in total. The van der Waals surface area contributed by atoms with Gasteiger partial charge in [-0.05, 0) is 73.5 Å². The van der Waals surface area contributed by atoms with Crippen molar-refractivity contribution in [2.45, 2.75) is 57.2 Å². The first-order valence-corrected chi connectivity index (χ1v) is 9.44. The summed E-state index contributed by atoms with van der Waals surface area (Å²) < 4.78 is 10.2. The van der Waals surface area contributed by atoms with Crippen LogP contribution < -0.4 is 0 Å². The smallest absolute Gasteiger partial charge is 0.337 e. The maximum absolute atomic E-state index is 12.4. The first-order chi connectivity index (χ1) is 12.4. The van der Waals surface area contributed by atoms with Crippen LogP contribution in [-0.2, 0) is 20.9 Å². The van der Waals surface area contributed by atoms with Crippen LogP contribution in [0.1, 0.15) is 60.9 Å². The monoisotopic (exact) mass is 358 g/mol. The van der Waals surface area contributed by atoms with E-state index in [2.05, 4.69) is 4.74 Å². The fourth-order valence-electron chi connectivity index (χ4n) is 5.98. The second-order valence-corrected chi connectivity index (χ2v) is 8.71. The van der Waals surface area contributed by atoms with Gasteiger partial charge >= 0.3 is 11.9 Å². The van der Waals surface area contributed by atoms with E-state index < -0.39 is 5.60 Å². The molecule has 5 nitrogen and oxygen atoms in total. The van der Waals surface area contributed by atoms with Crippen molar-refractivity contribution in [1.29, 1.82) is 0 Å². The molecule has 1 aromatic rings. The summed E-state index contributed by atoms with van der Waals surface area (Å²) in [5.74, 6) is 0.570. The van der Waals surface area contributed by atoms with Crippen LogP contribution in [-0.4, -0.2) is 29.8 Å². The van der Waals surface area contributed by atoms with Crippen molar-refractivity contribution in [3.05, 3.63) is 35.4 Å². The first-order valence-electron chi connectivity index (χ1n) is 9.44. The lowest BCUT2D eigenvalue weighted by atomic mass is 9.47. The third-order valence-electron chi connectivity index (χ3n) is 6.45. The van der Waals surface area contributed by atoms with Crippen LogP contribution in [0, 0.1) is 17.3 Å². The number of rotatable bonds is 5. The van der Waals surface area contributed by atoms with Crippen molar-refractivity contribution in [1.82, 2.24) is 0 Å². The summed E-state index contributed by atoms with van der Waals surface area (Å²) in [5, 5.41) is 10.8. The molecule has 0 aromatic heterocycles. The molecule has 4 aliphatic rings. The van der Waals surface area contributed by atoms with Gasteiger partial charge in [-0.2, -0.15) is 0 Å². The van der Waals surface area contributed by atoms with E-state index in [-0.39, 0.29) is 24.0 Å². The molecule has 0 radical (unpaired) electrons. The Morgan fingerprint density at radius 3 is 2.35 bits per heavy atom. The number of esters is 2. The van der Waals surface area contributed by atoms with Crippen LogP contribution >= 0.6 is 0 Å². The van der Waals surface area contributed by atoms with E-state index in [0.29, 0.717) is 23.8 Å². The molecule has 0 aliphatic heterocycles. The normalized spacial score (nSPS) is 34.5. The van der Waals surface area contributed by atoms with Crippen LogP contribution in [0.5, 0.6) is 0 Å².